The lowest BCUT2D eigenvalue weighted by molar-refractivity contribution is -0.161. The molecule has 1 unspecified atom stereocenters. The first kappa shape index (κ1) is 30.9. The molecule has 3 N–H and O–H groups in total. The number of Topliss-reactive ketones (excluding diaryl/α,β-unsaturated/α-hetero) is 1. The van der Waals surface area contributed by atoms with E-state index >= 15 is 0 Å². The predicted octanol–water partition coefficient (Wildman–Crippen LogP) is 4.66. The second-order valence-corrected chi connectivity index (χ2v) is 9.41. The highest BCUT2D eigenvalue weighted by molar-refractivity contribution is 5.98. The second kappa shape index (κ2) is 14.7. The van der Waals surface area contributed by atoms with Crippen LogP contribution in [0.2, 0.25) is 0 Å². The molecule has 40 heavy (non-hydrogen) atoms. The number of aryl methyl sites for hydroxylation is 1. The van der Waals surface area contributed by atoms with Crippen LogP contribution in [0.1, 0.15) is 40.4 Å². The van der Waals surface area contributed by atoms with Crippen LogP contribution >= 0.6 is 0 Å². The van der Waals surface area contributed by atoms with Crippen molar-refractivity contribution in [2.75, 3.05) is 13.7 Å². The van der Waals surface area contributed by atoms with Crippen LogP contribution in [0.4, 0.5) is 17.6 Å². The third-order valence-corrected chi connectivity index (χ3v) is 6.37. The Balaban J connectivity index is 1.72. The third-order valence-electron chi connectivity index (χ3n) is 6.37. The smallest absolute Gasteiger partial charge is 0.336 e. The Bertz CT molecular complexity index is 1300. The van der Waals surface area contributed by atoms with Crippen LogP contribution in [0.25, 0.3) is 0 Å². The summed E-state index contributed by atoms with van der Waals surface area (Å²) in [7, 11) is 1.20. The highest BCUT2D eigenvalue weighted by atomic mass is 19.2. The normalized spacial score (nSPS) is 13.5. The number of rotatable bonds is 14. The van der Waals surface area contributed by atoms with E-state index in [0.29, 0.717) is 6.54 Å². The van der Waals surface area contributed by atoms with Crippen molar-refractivity contribution in [3.8, 4) is 0 Å². The van der Waals surface area contributed by atoms with Gasteiger partial charge in [-0.1, -0.05) is 31.2 Å². The molecular weight excluding hydrogens is 528 g/mol. The fraction of sp³-hybridized carbons (Fsp3) is 0.333. The van der Waals surface area contributed by atoms with Gasteiger partial charge in [-0.25, -0.2) is 22.4 Å². The summed E-state index contributed by atoms with van der Waals surface area (Å²) < 4.78 is 65.1. The molecule has 0 fully saturated rings. The van der Waals surface area contributed by atoms with E-state index in [1.165, 1.54) is 7.11 Å². The van der Waals surface area contributed by atoms with Gasteiger partial charge in [0, 0.05) is 44.3 Å². The average Bonchev–Trinajstić information content (AvgIpc) is 2.91. The van der Waals surface area contributed by atoms with E-state index in [0.717, 1.165) is 53.9 Å². The maximum Gasteiger partial charge on any atom is 0.336 e. The van der Waals surface area contributed by atoms with Gasteiger partial charge in [0.15, 0.2) is 23.5 Å². The van der Waals surface area contributed by atoms with E-state index in [4.69, 9.17) is 15.2 Å². The van der Waals surface area contributed by atoms with E-state index in [-0.39, 0.29) is 24.1 Å². The maximum absolute atomic E-state index is 13.7. The Hall–Kier alpha value is -3.60. The van der Waals surface area contributed by atoms with Crippen molar-refractivity contribution in [3.05, 3.63) is 106 Å². The summed E-state index contributed by atoms with van der Waals surface area (Å²) in [6.07, 6.45) is -1.96. The lowest BCUT2D eigenvalue weighted by Gasteiger charge is -2.26. The molecule has 0 aliphatic carbocycles. The first-order valence-corrected chi connectivity index (χ1v) is 12.8. The maximum atomic E-state index is 13.7. The molecule has 0 saturated heterocycles. The van der Waals surface area contributed by atoms with Crippen molar-refractivity contribution in [1.82, 2.24) is 5.32 Å². The standard InChI is InChI=1S/C30H32F4N2O4/c1-3-18-5-4-6-19(9-18)16-36-17-29(26(35)12-20-10-22(31)14-23(32)11-20)40-30(38)28(39-2)15-27(37)21-7-8-24(33)25(34)13-21/h4-11,13-14,26,28-29,36H,3,12,15-17,35H2,1-2H3/t26-,28?,29+/m0/s1. The lowest BCUT2D eigenvalue weighted by Crippen LogP contribution is -2.47. The minimum absolute atomic E-state index is 0.00887. The minimum Gasteiger partial charge on any atom is -0.457 e. The molecule has 3 atom stereocenters. The van der Waals surface area contributed by atoms with Gasteiger partial charge in [0.2, 0.25) is 0 Å². The summed E-state index contributed by atoms with van der Waals surface area (Å²) in [5, 5.41) is 3.19. The second-order valence-electron chi connectivity index (χ2n) is 9.41. The molecule has 0 aromatic heterocycles. The van der Waals surface area contributed by atoms with Crippen molar-refractivity contribution < 1.29 is 36.6 Å². The topological polar surface area (TPSA) is 90.6 Å². The van der Waals surface area contributed by atoms with Crippen LogP contribution < -0.4 is 11.1 Å². The molecule has 3 aromatic rings. The van der Waals surface area contributed by atoms with Gasteiger partial charge in [-0.3, -0.25) is 4.79 Å². The number of hydrogen-bond acceptors (Lipinski definition) is 6. The van der Waals surface area contributed by atoms with Crippen molar-refractivity contribution in [2.24, 2.45) is 5.73 Å². The quantitative estimate of drug-likeness (QED) is 0.169. The molecule has 0 aliphatic heterocycles. The predicted molar refractivity (Wildman–Crippen MR) is 142 cm³/mol. The van der Waals surface area contributed by atoms with Crippen molar-refractivity contribution in [1.29, 1.82) is 0 Å². The Morgan fingerprint density at radius 3 is 2.25 bits per heavy atom. The fourth-order valence-electron chi connectivity index (χ4n) is 4.17. The summed E-state index contributed by atoms with van der Waals surface area (Å²) in [6, 6.07) is 12.7. The minimum atomic E-state index is -1.36. The highest BCUT2D eigenvalue weighted by Gasteiger charge is 2.29. The monoisotopic (exact) mass is 560 g/mol. The number of benzene rings is 3. The molecule has 0 spiro atoms. The van der Waals surface area contributed by atoms with E-state index in [2.05, 4.69) is 5.32 Å². The molecule has 3 rings (SSSR count). The molecule has 0 heterocycles. The highest BCUT2D eigenvalue weighted by Crippen LogP contribution is 2.16. The zero-order chi connectivity index (χ0) is 29.2. The van der Waals surface area contributed by atoms with E-state index in [1.807, 2.05) is 31.2 Å². The first-order chi connectivity index (χ1) is 19.1. The van der Waals surface area contributed by atoms with Crippen molar-refractivity contribution >= 4 is 11.8 Å². The van der Waals surface area contributed by atoms with Gasteiger partial charge in [-0.15, -0.1) is 0 Å². The number of carbonyl (C=O) groups excluding carboxylic acids is 2. The van der Waals surface area contributed by atoms with Crippen LogP contribution in [0.15, 0.2) is 60.7 Å². The molecule has 10 heteroatoms. The average molecular weight is 561 g/mol. The fourth-order valence-corrected chi connectivity index (χ4v) is 4.17. The summed E-state index contributed by atoms with van der Waals surface area (Å²) >= 11 is 0. The zero-order valence-electron chi connectivity index (χ0n) is 22.3. The van der Waals surface area contributed by atoms with E-state index in [1.54, 1.807) is 0 Å². The number of nitrogens with two attached hydrogens (primary N) is 1. The zero-order valence-corrected chi connectivity index (χ0v) is 22.3. The van der Waals surface area contributed by atoms with Gasteiger partial charge < -0.3 is 20.5 Å². The molecule has 0 radical (unpaired) electrons. The van der Waals surface area contributed by atoms with Crippen molar-refractivity contribution in [3.63, 3.8) is 0 Å². The Morgan fingerprint density at radius 2 is 1.60 bits per heavy atom. The molecule has 0 bridgehead atoms. The van der Waals surface area contributed by atoms with E-state index in [9.17, 15) is 27.2 Å². The lowest BCUT2D eigenvalue weighted by atomic mass is 10.0. The SMILES string of the molecule is CCc1cccc(CNC[C@@H](OC(=O)C(CC(=O)c2ccc(F)c(F)c2)OC)[C@@H](N)Cc2cc(F)cc(F)c2)c1. The summed E-state index contributed by atoms with van der Waals surface area (Å²) in [4.78, 5) is 25.6. The number of ketones is 1. The molecule has 0 aliphatic rings. The molecule has 0 saturated carbocycles. The van der Waals surface area contributed by atoms with Gasteiger partial charge in [0.1, 0.15) is 17.7 Å². The number of esters is 1. The molecule has 0 amide bonds. The summed E-state index contributed by atoms with van der Waals surface area (Å²) in [5.41, 5.74) is 8.64. The van der Waals surface area contributed by atoms with Gasteiger partial charge >= 0.3 is 5.97 Å². The number of carbonyl (C=O) groups is 2. The number of ether oxygens (including phenoxy) is 2. The largest absolute Gasteiger partial charge is 0.457 e. The third kappa shape index (κ3) is 8.97. The van der Waals surface area contributed by atoms with Gasteiger partial charge in [0.05, 0.1) is 0 Å². The van der Waals surface area contributed by atoms with Gasteiger partial charge in [-0.2, -0.15) is 0 Å². The van der Waals surface area contributed by atoms with E-state index < -0.39 is 59.7 Å². The van der Waals surface area contributed by atoms with Crippen molar-refractivity contribution in [2.45, 2.75) is 51.0 Å². The molecule has 3 aromatic carbocycles. The Kier molecular flexibility index (Phi) is 11.4. The van der Waals surface area contributed by atoms with Crippen LogP contribution in [0.3, 0.4) is 0 Å². The van der Waals surface area contributed by atoms with Gasteiger partial charge in [-0.05, 0) is 59.9 Å². The van der Waals surface area contributed by atoms with Crippen LogP contribution in [-0.2, 0) is 33.7 Å². The van der Waals surface area contributed by atoms with Crippen LogP contribution in [0.5, 0.6) is 0 Å². The number of halogens is 4. The molecule has 6 nitrogen and oxygen atoms in total. The first-order valence-electron chi connectivity index (χ1n) is 12.8. The number of methoxy groups -OCH3 is 1. The number of nitrogens with one attached hydrogen (secondary N) is 1. The van der Waals surface area contributed by atoms with Crippen LogP contribution in [-0.4, -0.2) is 43.7 Å². The Labute approximate surface area is 230 Å². The molecule has 214 valence electrons. The summed E-state index contributed by atoms with van der Waals surface area (Å²) in [5.74, 6) is -5.40. The van der Waals surface area contributed by atoms with Crippen LogP contribution in [0, 0.1) is 23.3 Å². The van der Waals surface area contributed by atoms with Gasteiger partial charge in [0.25, 0.3) is 0 Å². The Morgan fingerprint density at radius 1 is 0.900 bits per heavy atom. The number of hydrogen-bond donors (Lipinski definition) is 2. The molecular formula is C30H32F4N2O4. The summed E-state index contributed by atoms with van der Waals surface area (Å²) in [6.45, 7) is 2.57.